The first-order valence-corrected chi connectivity index (χ1v) is 10.1. The van der Waals surface area contributed by atoms with Crippen molar-refractivity contribution in [3.8, 4) is 5.75 Å². The molecule has 7 nitrogen and oxygen atoms in total. The van der Waals surface area contributed by atoms with Crippen LogP contribution in [-0.2, 0) is 9.59 Å². The molecule has 162 valence electrons. The fraction of sp³-hybridized carbons (Fsp3) is 0. The van der Waals surface area contributed by atoms with Gasteiger partial charge in [0.15, 0.2) is 0 Å². The minimum absolute atomic E-state index is 0.200. The van der Waals surface area contributed by atoms with Crippen LogP contribution in [0.2, 0.25) is 15.1 Å². The number of carbonyl (C=O) groups is 3. The maximum atomic E-state index is 12.1. The predicted molar refractivity (Wildman–Crippen MR) is 124 cm³/mol. The van der Waals surface area contributed by atoms with Crippen molar-refractivity contribution in [2.75, 3.05) is 5.32 Å². The lowest BCUT2D eigenvalue weighted by Crippen LogP contribution is -2.32. The van der Waals surface area contributed by atoms with Crippen LogP contribution in [0.15, 0.2) is 71.8 Å². The predicted octanol–water partition coefficient (Wildman–Crippen LogP) is 4.95. The van der Waals surface area contributed by atoms with Gasteiger partial charge < -0.3 is 10.1 Å². The van der Waals surface area contributed by atoms with Crippen LogP contribution >= 0.6 is 34.8 Å². The van der Waals surface area contributed by atoms with E-state index in [9.17, 15) is 14.4 Å². The number of carbonyl (C=O) groups excluding carboxylic acids is 3. The molecule has 32 heavy (non-hydrogen) atoms. The SMILES string of the molecule is O=C(N/N=C/c1ccc(OC(=O)c2cccc(Cl)c2)cc1)C(=O)Nc1cc(Cl)ccc1Cl. The molecule has 3 aromatic rings. The number of esters is 1. The molecule has 0 aliphatic carbocycles. The molecule has 0 aliphatic heterocycles. The lowest BCUT2D eigenvalue weighted by molar-refractivity contribution is -0.136. The minimum Gasteiger partial charge on any atom is -0.423 e. The molecule has 3 rings (SSSR count). The van der Waals surface area contributed by atoms with Crippen LogP contribution in [0.25, 0.3) is 0 Å². The van der Waals surface area contributed by atoms with Gasteiger partial charge in [-0.15, -0.1) is 0 Å². The fourth-order valence-corrected chi connectivity index (χ4v) is 2.92. The highest BCUT2D eigenvalue weighted by Crippen LogP contribution is 2.25. The Hall–Kier alpha value is -3.39. The molecule has 0 atom stereocenters. The zero-order valence-electron chi connectivity index (χ0n) is 16.1. The van der Waals surface area contributed by atoms with E-state index in [0.717, 1.165) is 0 Å². The molecule has 0 bridgehead atoms. The molecule has 10 heteroatoms. The molecular weight excluding hydrogens is 477 g/mol. The number of hydrazone groups is 1. The number of amides is 2. The smallest absolute Gasteiger partial charge is 0.343 e. The Morgan fingerprint density at radius 2 is 1.56 bits per heavy atom. The van der Waals surface area contributed by atoms with Crippen molar-refractivity contribution >= 4 is 64.5 Å². The van der Waals surface area contributed by atoms with Crippen LogP contribution in [0, 0.1) is 0 Å². The van der Waals surface area contributed by atoms with Gasteiger partial charge in [0.05, 0.1) is 22.5 Å². The highest BCUT2D eigenvalue weighted by Gasteiger charge is 2.15. The second-order valence-corrected chi connectivity index (χ2v) is 7.53. The van der Waals surface area contributed by atoms with Crippen molar-refractivity contribution in [2.45, 2.75) is 0 Å². The largest absolute Gasteiger partial charge is 0.423 e. The molecule has 0 fully saturated rings. The topological polar surface area (TPSA) is 96.9 Å². The summed E-state index contributed by atoms with van der Waals surface area (Å²) >= 11 is 17.7. The molecule has 2 amide bonds. The van der Waals surface area contributed by atoms with Gasteiger partial charge in [-0.1, -0.05) is 40.9 Å². The van der Waals surface area contributed by atoms with E-state index in [-0.39, 0.29) is 10.7 Å². The lowest BCUT2D eigenvalue weighted by atomic mass is 10.2. The molecular formula is C22H14Cl3N3O4. The molecule has 0 heterocycles. The summed E-state index contributed by atoms with van der Waals surface area (Å²) in [6, 6.07) is 17.2. The highest BCUT2D eigenvalue weighted by atomic mass is 35.5. The Balaban J connectivity index is 1.53. The van der Waals surface area contributed by atoms with E-state index >= 15 is 0 Å². The number of benzene rings is 3. The summed E-state index contributed by atoms with van der Waals surface area (Å²) in [4.78, 5) is 36.0. The third-order valence-corrected chi connectivity index (χ3v) is 4.71. The Kier molecular flexibility index (Phi) is 7.83. The third kappa shape index (κ3) is 6.55. The Labute approximate surface area is 197 Å². The van der Waals surface area contributed by atoms with Crippen LogP contribution in [0.4, 0.5) is 5.69 Å². The van der Waals surface area contributed by atoms with Crippen LogP contribution in [-0.4, -0.2) is 24.0 Å². The first-order chi connectivity index (χ1) is 15.3. The molecule has 0 saturated carbocycles. The molecule has 0 radical (unpaired) electrons. The average molecular weight is 491 g/mol. The van der Waals surface area contributed by atoms with E-state index in [1.165, 1.54) is 24.4 Å². The fourth-order valence-electron chi connectivity index (χ4n) is 2.39. The van der Waals surface area contributed by atoms with Crippen molar-refractivity contribution in [3.63, 3.8) is 0 Å². The maximum Gasteiger partial charge on any atom is 0.343 e. The zero-order chi connectivity index (χ0) is 23.1. The monoisotopic (exact) mass is 489 g/mol. The lowest BCUT2D eigenvalue weighted by Gasteiger charge is -2.06. The van der Waals surface area contributed by atoms with Crippen molar-refractivity contribution in [2.24, 2.45) is 5.10 Å². The molecule has 2 N–H and O–H groups in total. The van der Waals surface area contributed by atoms with Gasteiger partial charge in [0.1, 0.15) is 5.75 Å². The number of rotatable bonds is 5. The summed E-state index contributed by atoms with van der Waals surface area (Å²) < 4.78 is 5.27. The molecule has 0 spiro atoms. The summed E-state index contributed by atoms with van der Waals surface area (Å²) in [5.41, 5.74) is 3.22. The zero-order valence-corrected chi connectivity index (χ0v) is 18.4. The molecule has 0 aliphatic rings. The molecule has 0 saturated heterocycles. The summed E-state index contributed by atoms with van der Waals surface area (Å²) in [5.74, 6) is -2.19. The number of hydrogen-bond acceptors (Lipinski definition) is 5. The Morgan fingerprint density at radius 1 is 0.844 bits per heavy atom. The number of halogens is 3. The number of nitrogens with zero attached hydrogens (tertiary/aromatic N) is 1. The highest BCUT2D eigenvalue weighted by molar-refractivity contribution is 6.42. The van der Waals surface area contributed by atoms with Crippen LogP contribution < -0.4 is 15.5 Å². The minimum atomic E-state index is -0.996. The second kappa shape index (κ2) is 10.8. The molecule has 3 aromatic carbocycles. The van der Waals surface area contributed by atoms with E-state index < -0.39 is 17.8 Å². The van der Waals surface area contributed by atoms with Crippen molar-refractivity contribution in [3.05, 3.63) is 92.9 Å². The van der Waals surface area contributed by atoms with Gasteiger partial charge in [-0.3, -0.25) is 9.59 Å². The van der Waals surface area contributed by atoms with Crippen LogP contribution in [0.5, 0.6) is 5.75 Å². The second-order valence-electron chi connectivity index (χ2n) is 6.25. The number of ether oxygens (including phenoxy) is 1. The van der Waals surface area contributed by atoms with Crippen LogP contribution in [0.3, 0.4) is 0 Å². The average Bonchev–Trinajstić information content (AvgIpc) is 2.77. The normalized spacial score (nSPS) is 10.6. The molecule has 0 aromatic heterocycles. The van der Waals surface area contributed by atoms with Gasteiger partial charge >= 0.3 is 17.8 Å². The Bertz CT molecular complexity index is 1200. The van der Waals surface area contributed by atoms with E-state index in [2.05, 4.69) is 15.8 Å². The van der Waals surface area contributed by atoms with Gasteiger partial charge in [-0.05, 0) is 66.2 Å². The van der Waals surface area contributed by atoms with Gasteiger partial charge in [-0.2, -0.15) is 5.10 Å². The van der Waals surface area contributed by atoms with E-state index in [1.54, 1.807) is 48.5 Å². The third-order valence-electron chi connectivity index (χ3n) is 3.91. The standard InChI is InChI=1S/C22H14Cl3N3O4/c23-15-3-1-2-14(10-15)22(31)32-17-7-4-13(5-8-17)12-26-28-21(30)20(29)27-19-11-16(24)6-9-18(19)25/h1-12H,(H,27,29)(H,28,30)/b26-12+. The van der Waals surface area contributed by atoms with Crippen molar-refractivity contribution < 1.29 is 19.1 Å². The van der Waals surface area contributed by atoms with E-state index in [0.29, 0.717) is 26.9 Å². The van der Waals surface area contributed by atoms with Crippen LogP contribution in [0.1, 0.15) is 15.9 Å². The van der Waals surface area contributed by atoms with E-state index in [4.69, 9.17) is 39.5 Å². The number of hydrogen-bond donors (Lipinski definition) is 2. The quantitative estimate of drug-likeness (QED) is 0.174. The first kappa shape index (κ1) is 23.3. The summed E-state index contributed by atoms with van der Waals surface area (Å²) in [6.45, 7) is 0. The maximum absolute atomic E-state index is 12.1. The number of anilines is 1. The van der Waals surface area contributed by atoms with Gasteiger partial charge in [-0.25, -0.2) is 10.2 Å². The molecule has 0 unspecified atom stereocenters. The summed E-state index contributed by atoms with van der Waals surface area (Å²) in [7, 11) is 0. The summed E-state index contributed by atoms with van der Waals surface area (Å²) in [6.07, 6.45) is 1.32. The van der Waals surface area contributed by atoms with Gasteiger partial charge in [0.25, 0.3) is 0 Å². The van der Waals surface area contributed by atoms with Gasteiger partial charge in [0.2, 0.25) is 0 Å². The number of nitrogens with one attached hydrogen (secondary N) is 2. The van der Waals surface area contributed by atoms with E-state index in [1.807, 2.05) is 0 Å². The summed E-state index contributed by atoms with van der Waals surface area (Å²) in [5, 5.41) is 7.08. The van der Waals surface area contributed by atoms with Crippen molar-refractivity contribution in [1.82, 2.24) is 5.43 Å². The van der Waals surface area contributed by atoms with Gasteiger partial charge in [0, 0.05) is 10.0 Å². The Morgan fingerprint density at radius 3 is 2.28 bits per heavy atom. The van der Waals surface area contributed by atoms with Crippen molar-refractivity contribution in [1.29, 1.82) is 0 Å². The first-order valence-electron chi connectivity index (χ1n) is 8.99.